The lowest BCUT2D eigenvalue weighted by Gasteiger charge is -2.11. The molecular weight excluding hydrogens is 288 g/mol. The van der Waals surface area contributed by atoms with E-state index < -0.39 is 0 Å². The van der Waals surface area contributed by atoms with Crippen molar-refractivity contribution < 1.29 is 0 Å². The molecule has 0 radical (unpaired) electrons. The number of benzene rings is 3. The van der Waals surface area contributed by atoms with E-state index in [9.17, 15) is 0 Å². The van der Waals surface area contributed by atoms with Crippen molar-refractivity contribution in [2.75, 3.05) is 0 Å². The first-order valence-electron chi connectivity index (χ1n) is 8.39. The monoisotopic (exact) mass is 310 g/mol. The summed E-state index contributed by atoms with van der Waals surface area (Å²) in [5, 5.41) is 0. The van der Waals surface area contributed by atoms with Gasteiger partial charge in [0.1, 0.15) is 0 Å². The molecule has 0 aromatic heterocycles. The van der Waals surface area contributed by atoms with Crippen molar-refractivity contribution in [2.24, 2.45) is 5.92 Å². The molecule has 0 heteroatoms. The SMILES string of the molecule is CC(C=C(c1ccccc1)c1ccccc1)/C=C/c1ccccc1. The van der Waals surface area contributed by atoms with Crippen LogP contribution in [-0.2, 0) is 0 Å². The van der Waals surface area contributed by atoms with Crippen molar-refractivity contribution in [1.29, 1.82) is 0 Å². The van der Waals surface area contributed by atoms with E-state index in [1.54, 1.807) is 0 Å². The Morgan fingerprint density at radius 1 is 0.667 bits per heavy atom. The maximum absolute atomic E-state index is 2.34. The summed E-state index contributed by atoms with van der Waals surface area (Å²) in [7, 11) is 0. The van der Waals surface area contributed by atoms with Gasteiger partial charge in [-0.15, -0.1) is 0 Å². The third-order valence-electron chi connectivity index (χ3n) is 3.99. The first kappa shape index (κ1) is 16.0. The van der Waals surface area contributed by atoms with Gasteiger partial charge in [0.2, 0.25) is 0 Å². The molecule has 3 aromatic rings. The van der Waals surface area contributed by atoms with E-state index in [0.717, 1.165) is 0 Å². The molecule has 0 bridgehead atoms. The van der Waals surface area contributed by atoms with Gasteiger partial charge in [-0.1, -0.05) is 116 Å². The third kappa shape index (κ3) is 4.33. The number of hydrogen-bond donors (Lipinski definition) is 0. The molecule has 1 atom stereocenters. The molecule has 24 heavy (non-hydrogen) atoms. The molecule has 0 aliphatic rings. The predicted octanol–water partition coefficient (Wildman–Crippen LogP) is 6.47. The van der Waals surface area contributed by atoms with E-state index in [1.807, 2.05) is 6.07 Å². The van der Waals surface area contributed by atoms with Gasteiger partial charge in [0, 0.05) is 0 Å². The molecule has 3 rings (SSSR count). The van der Waals surface area contributed by atoms with Crippen molar-refractivity contribution >= 4 is 11.6 Å². The Morgan fingerprint density at radius 2 is 1.12 bits per heavy atom. The van der Waals surface area contributed by atoms with Gasteiger partial charge in [0.15, 0.2) is 0 Å². The number of hydrogen-bond acceptors (Lipinski definition) is 0. The van der Waals surface area contributed by atoms with E-state index in [-0.39, 0.29) is 0 Å². The Balaban J connectivity index is 1.90. The average Bonchev–Trinajstić information content (AvgIpc) is 2.67. The molecule has 0 saturated carbocycles. The summed E-state index contributed by atoms with van der Waals surface area (Å²) < 4.78 is 0. The van der Waals surface area contributed by atoms with Crippen LogP contribution < -0.4 is 0 Å². The van der Waals surface area contributed by atoms with Gasteiger partial charge in [0.05, 0.1) is 0 Å². The Labute approximate surface area is 144 Å². The van der Waals surface area contributed by atoms with E-state index in [1.165, 1.54) is 22.3 Å². The summed E-state index contributed by atoms with van der Waals surface area (Å²) in [6, 6.07) is 31.6. The fraction of sp³-hybridized carbons (Fsp3) is 0.0833. The Kier molecular flexibility index (Phi) is 5.42. The molecule has 0 heterocycles. The van der Waals surface area contributed by atoms with Gasteiger partial charge in [0.25, 0.3) is 0 Å². The van der Waals surface area contributed by atoms with Crippen molar-refractivity contribution in [1.82, 2.24) is 0 Å². The molecule has 0 saturated heterocycles. The highest BCUT2D eigenvalue weighted by atomic mass is 14.1. The molecule has 0 amide bonds. The van der Waals surface area contributed by atoms with Gasteiger partial charge < -0.3 is 0 Å². The minimum Gasteiger partial charge on any atom is -0.0773 e. The van der Waals surface area contributed by atoms with Crippen molar-refractivity contribution in [2.45, 2.75) is 6.92 Å². The number of allylic oxidation sites excluding steroid dienone is 2. The van der Waals surface area contributed by atoms with Crippen LogP contribution in [0.3, 0.4) is 0 Å². The quantitative estimate of drug-likeness (QED) is 0.507. The molecule has 0 aliphatic heterocycles. The minimum atomic E-state index is 0.348. The zero-order valence-electron chi connectivity index (χ0n) is 14.0. The fourth-order valence-electron chi connectivity index (χ4n) is 2.74. The third-order valence-corrected chi connectivity index (χ3v) is 3.99. The van der Waals surface area contributed by atoms with E-state index in [4.69, 9.17) is 0 Å². The van der Waals surface area contributed by atoms with Crippen LogP contribution in [-0.4, -0.2) is 0 Å². The summed E-state index contributed by atoms with van der Waals surface area (Å²) in [6.07, 6.45) is 6.78. The first-order chi connectivity index (χ1) is 11.8. The predicted molar refractivity (Wildman–Crippen MR) is 105 cm³/mol. The van der Waals surface area contributed by atoms with Gasteiger partial charge in [-0.25, -0.2) is 0 Å². The van der Waals surface area contributed by atoms with Crippen LogP contribution in [0.15, 0.2) is 103 Å². The molecule has 0 spiro atoms. The minimum absolute atomic E-state index is 0.348. The smallest absolute Gasteiger partial charge is 0.00691 e. The topological polar surface area (TPSA) is 0 Å². The van der Waals surface area contributed by atoms with Crippen LogP contribution in [0.5, 0.6) is 0 Å². The van der Waals surface area contributed by atoms with Crippen LogP contribution in [0.25, 0.3) is 11.6 Å². The molecule has 0 aliphatic carbocycles. The van der Waals surface area contributed by atoms with Crippen molar-refractivity contribution in [3.63, 3.8) is 0 Å². The van der Waals surface area contributed by atoms with Crippen molar-refractivity contribution in [3.8, 4) is 0 Å². The average molecular weight is 310 g/mol. The largest absolute Gasteiger partial charge is 0.0773 e. The summed E-state index contributed by atoms with van der Waals surface area (Å²) >= 11 is 0. The van der Waals surface area contributed by atoms with Gasteiger partial charge >= 0.3 is 0 Å². The lowest BCUT2D eigenvalue weighted by atomic mass is 9.94. The maximum atomic E-state index is 2.34. The van der Waals surface area contributed by atoms with Crippen LogP contribution in [0.1, 0.15) is 23.6 Å². The zero-order chi connectivity index (χ0) is 16.6. The van der Waals surface area contributed by atoms with E-state index >= 15 is 0 Å². The van der Waals surface area contributed by atoms with Crippen LogP contribution in [0.4, 0.5) is 0 Å². The first-order valence-corrected chi connectivity index (χ1v) is 8.39. The number of rotatable bonds is 5. The summed E-state index contributed by atoms with van der Waals surface area (Å²) in [5.74, 6) is 0.348. The molecule has 1 unspecified atom stereocenters. The van der Waals surface area contributed by atoms with Gasteiger partial charge in [-0.05, 0) is 28.2 Å². The summed E-state index contributed by atoms with van der Waals surface area (Å²) in [4.78, 5) is 0. The van der Waals surface area contributed by atoms with Gasteiger partial charge in [-0.2, -0.15) is 0 Å². The summed E-state index contributed by atoms with van der Waals surface area (Å²) in [6.45, 7) is 2.23. The lowest BCUT2D eigenvalue weighted by molar-refractivity contribution is 0.947. The molecular formula is C24H22. The molecule has 3 aromatic carbocycles. The maximum Gasteiger partial charge on any atom is -0.00691 e. The molecule has 0 fully saturated rings. The second kappa shape index (κ2) is 8.12. The second-order valence-corrected chi connectivity index (χ2v) is 5.94. The fourth-order valence-corrected chi connectivity index (χ4v) is 2.74. The highest BCUT2D eigenvalue weighted by molar-refractivity contribution is 5.80. The van der Waals surface area contributed by atoms with Gasteiger partial charge in [-0.3, -0.25) is 0 Å². The Hall–Kier alpha value is -2.86. The molecule has 0 nitrogen and oxygen atoms in total. The normalized spacial score (nSPS) is 12.0. The molecule has 118 valence electrons. The van der Waals surface area contributed by atoms with Crippen LogP contribution in [0.2, 0.25) is 0 Å². The zero-order valence-corrected chi connectivity index (χ0v) is 14.0. The van der Waals surface area contributed by atoms with Crippen LogP contribution in [0, 0.1) is 5.92 Å². The van der Waals surface area contributed by atoms with E-state index in [2.05, 4.69) is 110 Å². The van der Waals surface area contributed by atoms with Crippen LogP contribution >= 0.6 is 0 Å². The standard InChI is InChI=1S/C24H22/c1-20(17-18-21-11-5-2-6-12-21)19-24(22-13-7-3-8-14-22)23-15-9-4-10-16-23/h2-20H,1H3/b18-17+. The highest BCUT2D eigenvalue weighted by Crippen LogP contribution is 2.25. The summed E-state index contributed by atoms with van der Waals surface area (Å²) in [5.41, 5.74) is 5.02. The lowest BCUT2D eigenvalue weighted by Crippen LogP contribution is -1.92. The highest BCUT2D eigenvalue weighted by Gasteiger charge is 2.05. The van der Waals surface area contributed by atoms with Crippen molar-refractivity contribution in [3.05, 3.63) is 120 Å². The second-order valence-electron chi connectivity index (χ2n) is 5.94. The Bertz CT molecular complexity index is 755. The van der Waals surface area contributed by atoms with E-state index in [0.29, 0.717) is 5.92 Å². The Morgan fingerprint density at radius 3 is 1.62 bits per heavy atom. The molecule has 0 N–H and O–H groups in total.